The van der Waals surface area contributed by atoms with Crippen LogP contribution in [0.1, 0.15) is 32.8 Å². The number of hydrogen-bond donors (Lipinski definition) is 2. The molecule has 2 aromatic rings. The molecule has 0 amide bonds. The minimum Gasteiger partial charge on any atom is -0.490 e. The highest BCUT2D eigenvalue weighted by atomic mass is 16.5. The fraction of sp³-hybridized carbons (Fsp3) is 0.455. The van der Waals surface area contributed by atoms with Crippen molar-refractivity contribution in [2.45, 2.75) is 33.7 Å². The molecule has 2 N–H and O–H groups in total. The van der Waals surface area contributed by atoms with Crippen LogP contribution in [0.15, 0.2) is 47.6 Å². The number of benzene rings is 1. The molecule has 2 rings (SSSR count). The molecule has 0 atom stereocenters. The third-order valence-corrected chi connectivity index (χ3v) is 3.86. The van der Waals surface area contributed by atoms with Gasteiger partial charge in [0, 0.05) is 31.5 Å². The molecule has 7 nitrogen and oxygen atoms in total. The quantitative estimate of drug-likeness (QED) is 0.321. The minimum absolute atomic E-state index is 0.436. The number of ether oxygens (including phenoxy) is 3. The number of pyridine rings is 1. The van der Waals surface area contributed by atoms with Crippen molar-refractivity contribution in [3.05, 3.63) is 48.2 Å². The minimum atomic E-state index is 0.436. The second kappa shape index (κ2) is 13.4. The van der Waals surface area contributed by atoms with E-state index in [1.807, 2.05) is 50.2 Å². The zero-order chi connectivity index (χ0) is 20.7. The summed E-state index contributed by atoms with van der Waals surface area (Å²) in [4.78, 5) is 9.04. The Morgan fingerprint density at radius 3 is 2.59 bits per heavy atom. The summed E-state index contributed by atoms with van der Waals surface area (Å²) in [6.45, 7) is 9.97. The summed E-state index contributed by atoms with van der Waals surface area (Å²) in [6.07, 6.45) is 2.64. The number of nitrogens with zero attached hydrogens (tertiary/aromatic N) is 2. The van der Waals surface area contributed by atoms with Gasteiger partial charge in [-0.25, -0.2) is 9.98 Å². The third-order valence-electron chi connectivity index (χ3n) is 3.86. The van der Waals surface area contributed by atoms with Gasteiger partial charge in [0.1, 0.15) is 0 Å². The van der Waals surface area contributed by atoms with Crippen LogP contribution in [-0.4, -0.2) is 43.9 Å². The Balaban J connectivity index is 2.09. The van der Waals surface area contributed by atoms with Gasteiger partial charge in [-0.3, -0.25) is 0 Å². The van der Waals surface area contributed by atoms with Crippen molar-refractivity contribution in [1.29, 1.82) is 0 Å². The van der Waals surface area contributed by atoms with Crippen LogP contribution in [-0.2, 0) is 11.3 Å². The number of nitrogens with one attached hydrogen (secondary N) is 2. The van der Waals surface area contributed by atoms with Gasteiger partial charge >= 0.3 is 0 Å². The Kier molecular flexibility index (Phi) is 10.4. The molecule has 0 aliphatic carbocycles. The summed E-state index contributed by atoms with van der Waals surface area (Å²) < 4.78 is 17.2. The van der Waals surface area contributed by atoms with E-state index in [-0.39, 0.29) is 0 Å². The van der Waals surface area contributed by atoms with E-state index in [1.165, 1.54) is 0 Å². The second-order valence-corrected chi connectivity index (χ2v) is 6.18. The molecule has 0 saturated carbocycles. The van der Waals surface area contributed by atoms with Crippen LogP contribution in [0.5, 0.6) is 17.4 Å². The van der Waals surface area contributed by atoms with Gasteiger partial charge in [0.05, 0.1) is 19.8 Å². The van der Waals surface area contributed by atoms with E-state index in [2.05, 4.69) is 27.5 Å². The highest BCUT2D eigenvalue weighted by Gasteiger charge is 2.10. The molecular weight excluding hydrogens is 368 g/mol. The molecular formula is C22H32N4O3. The number of aliphatic imine (C=N–C) groups is 1. The van der Waals surface area contributed by atoms with Crippen LogP contribution in [0.25, 0.3) is 0 Å². The zero-order valence-electron chi connectivity index (χ0n) is 17.6. The maximum absolute atomic E-state index is 6.08. The summed E-state index contributed by atoms with van der Waals surface area (Å²) in [5, 5.41) is 6.49. The molecule has 1 aromatic carbocycles. The van der Waals surface area contributed by atoms with E-state index in [4.69, 9.17) is 14.2 Å². The van der Waals surface area contributed by atoms with Crippen LogP contribution in [0.2, 0.25) is 0 Å². The predicted octanol–water partition coefficient (Wildman–Crippen LogP) is 3.75. The van der Waals surface area contributed by atoms with Crippen LogP contribution in [0, 0.1) is 0 Å². The lowest BCUT2D eigenvalue weighted by Gasteiger charge is -2.14. The van der Waals surface area contributed by atoms with E-state index in [1.54, 1.807) is 6.20 Å². The van der Waals surface area contributed by atoms with Crippen LogP contribution >= 0.6 is 0 Å². The van der Waals surface area contributed by atoms with Gasteiger partial charge in [-0.15, -0.1) is 0 Å². The molecule has 0 aliphatic heterocycles. The van der Waals surface area contributed by atoms with Crippen LogP contribution in [0.3, 0.4) is 0 Å². The summed E-state index contributed by atoms with van der Waals surface area (Å²) >= 11 is 0. The molecule has 158 valence electrons. The number of hydrogen-bond acceptors (Lipinski definition) is 5. The van der Waals surface area contributed by atoms with E-state index in [9.17, 15) is 0 Å². The van der Waals surface area contributed by atoms with E-state index in [0.717, 1.165) is 24.5 Å². The summed E-state index contributed by atoms with van der Waals surface area (Å²) in [6, 6.07) is 11.5. The van der Waals surface area contributed by atoms with Crippen molar-refractivity contribution in [1.82, 2.24) is 15.6 Å². The first kappa shape index (κ1) is 22.5. The molecule has 0 aliphatic rings. The maximum Gasteiger partial charge on any atom is 0.224 e. The second-order valence-electron chi connectivity index (χ2n) is 6.18. The first-order chi connectivity index (χ1) is 14.3. The number of para-hydroxylation sites is 2. The topological polar surface area (TPSA) is 77.0 Å². The fourth-order valence-electron chi connectivity index (χ4n) is 2.50. The van der Waals surface area contributed by atoms with Crippen molar-refractivity contribution in [2.75, 3.05) is 32.9 Å². The van der Waals surface area contributed by atoms with E-state index in [0.29, 0.717) is 50.3 Å². The highest BCUT2D eigenvalue weighted by Crippen LogP contribution is 2.32. The standard InChI is InChI=1S/C22H32N4O3/c1-4-15-28-19-11-7-8-12-20(19)29-21-18(10-9-13-24-21)17-26-22(23-5-2)25-14-16-27-6-3/h7-13H,4-6,14-17H2,1-3H3,(H2,23,25,26). The SMILES string of the molecule is CCCOc1ccccc1Oc1ncccc1CN=C(NCC)NCCOCC. The Hall–Kier alpha value is -2.80. The number of guanidine groups is 1. The van der Waals surface area contributed by atoms with Gasteiger partial charge in [0.15, 0.2) is 17.5 Å². The monoisotopic (exact) mass is 400 g/mol. The first-order valence-electron chi connectivity index (χ1n) is 10.2. The van der Waals surface area contributed by atoms with Gasteiger partial charge in [-0.05, 0) is 38.5 Å². The lowest BCUT2D eigenvalue weighted by molar-refractivity contribution is 0.152. The number of rotatable bonds is 12. The summed E-state index contributed by atoms with van der Waals surface area (Å²) in [5.41, 5.74) is 0.889. The lowest BCUT2D eigenvalue weighted by Crippen LogP contribution is -2.39. The number of aromatic nitrogens is 1. The molecule has 0 bridgehead atoms. The Morgan fingerprint density at radius 1 is 1.00 bits per heavy atom. The van der Waals surface area contributed by atoms with Crippen molar-refractivity contribution in [3.63, 3.8) is 0 Å². The molecule has 29 heavy (non-hydrogen) atoms. The summed E-state index contributed by atoms with van der Waals surface area (Å²) in [5.74, 6) is 2.61. The maximum atomic E-state index is 6.08. The molecule has 0 fully saturated rings. The molecule has 0 spiro atoms. The Morgan fingerprint density at radius 2 is 1.83 bits per heavy atom. The first-order valence-corrected chi connectivity index (χ1v) is 10.2. The van der Waals surface area contributed by atoms with Crippen molar-refractivity contribution in [2.24, 2.45) is 4.99 Å². The van der Waals surface area contributed by atoms with Crippen LogP contribution < -0.4 is 20.1 Å². The molecule has 0 saturated heterocycles. The van der Waals surface area contributed by atoms with Crippen LogP contribution in [0.4, 0.5) is 0 Å². The largest absolute Gasteiger partial charge is 0.490 e. The highest BCUT2D eigenvalue weighted by molar-refractivity contribution is 5.79. The third kappa shape index (κ3) is 7.99. The Bertz CT molecular complexity index is 752. The van der Waals surface area contributed by atoms with Gasteiger partial charge in [0.25, 0.3) is 0 Å². The van der Waals surface area contributed by atoms with Gasteiger partial charge in [-0.1, -0.05) is 25.1 Å². The fourth-order valence-corrected chi connectivity index (χ4v) is 2.50. The normalized spacial score (nSPS) is 11.2. The Labute approximate surface area is 173 Å². The van der Waals surface area contributed by atoms with Crippen molar-refractivity contribution in [3.8, 4) is 17.4 Å². The average Bonchev–Trinajstić information content (AvgIpc) is 2.75. The van der Waals surface area contributed by atoms with E-state index >= 15 is 0 Å². The predicted molar refractivity (Wildman–Crippen MR) is 116 cm³/mol. The smallest absolute Gasteiger partial charge is 0.224 e. The zero-order valence-corrected chi connectivity index (χ0v) is 17.6. The van der Waals surface area contributed by atoms with E-state index < -0.39 is 0 Å². The van der Waals surface area contributed by atoms with Crippen molar-refractivity contribution < 1.29 is 14.2 Å². The van der Waals surface area contributed by atoms with Crippen molar-refractivity contribution >= 4 is 5.96 Å². The molecule has 1 heterocycles. The summed E-state index contributed by atoms with van der Waals surface area (Å²) in [7, 11) is 0. The molecule has 0 unspecified atom stereocenters. The van der Waals surface area contributed by atoms with Gasteiger partial charge < -0.3 is 24.8 Å². The lowest BCUT2D eigenvalue weighted by atomic mass is 10.2. The van der Waals surface area contributed by atoms with Gasteiger partial charge in [-0.2, -0.15) is 0 Å². The molecule has 0 radical (unpaired) electrons. The molecule has 1 aromatic heterocycles. The molecule has 7 heteroatoms. The average molecular weight is 401 g/mol. The van der Waals surface area contributed by atoms with Gasteiger partial charge in [0.2, 0.25) is 5.88 Å².